The molecule has 1 aliphatic carbocycles. The van der Waals surface area contributed by atoms with Gasteiger partial charge in [0.15, 0.2) is 0 Å². The smallest absolute Gasteiger partial charge is 0.223 e. The van der Waals surface area contributed by atoms with Crippen LogP contribution in [-0.2, 0) is 30.6 Å². The Balaban J connectivity index is 1.35. The third-order valence-corrected chi connectivity index (χ3v) is 5.85. The van der Waals surface area contributed by atoms with Crippen LogP contribution in [0.25, 0.3) is 0 Å². The van der Waals surface area contributed by atoms with Crippen LogP contribution in [0.1, 0.15) is 28.7 Å². The predicted octanol–water partition coefficient (Wildman–Crippen LogP) is 2.96. The third-order valence-electron chi connectivity index (χ3n) is 5.85. The zero-order chi connectivity index (χ0) is 17.2. The van der Waals surface area contributed by atoms with E-state index in [0.29, 0.717) is 6.04 Å². The molecule has 1 aliphatic heterocycles. The van der Waals surface area contributed by atoms with Crippen molar-refractivity contribution in [2.45, 2.75) is 38.3 Å². The fraction of sp³-hybridized carbons (Fsp3) is 0.409. The van der Waals surface area contributed by atoms with Gasteiger partial charge in [-0.1, -0.05) is 48.5 Å². The molecule has 2 atom stereocenters. The lowest BCUT2D eigenvalue weighted by Crippen LogP contribution is -2.47. The van der Waals surface area contributed by atoms with E-state index in [2.05, 4.69) is 65.8 Å². The number of amides is 1. The van der Waals surface area contributed by atoms with Crippen LogP contribution in [0.2, 0.25) is 0 Å². The van der Waals surface area contributed by atoms with E-state index >= 15 is 0 Å². The Morgan fingerprint density at radius 3 is 2.40 bits per heavy atom. The van der Waals surface area contributed by atoms with Crippen LogP contribution in [0.5, 0.6) is 0 Å². The van der Waals surface area contributed by atoms with Gasteiger partial charge in [-0.25, -0.2) is 0 Å². The van der Waals surface area contributed by atoms with Gasteiger partial charge in [0.2, 0.25) is 5.91 Å². The van der Waals surface area contributed by atoms with E-state index in [4.69, 9.17) is 0 Å². The van der Waals surface area contributed by atoms with Gasteiger partial charge in [-0.3, -0.25) is 9.69 Å². The maximum absolute atomic E-state index is 12.7. The number of rotatable bonds is 3. The molecule has 1 N–H and O–H groups in total. The predicted molar refractivity (Wildman–Crippen MR) is 100 cm³/mol. The van der Waals surface area contributed by atoms with Crippen molar-refractivity contribution in [3.8, 4) is 0 Å². The number of aryl methyl sites for hydroxylation is 1. The number of carbonyl (C=O) groups excluding carboxylic acids is 1. The third kappa shape index (κ3) is 3.47. The maximum atomic E-state index is 12.7. The van der Waals surface area contributed by atoms with Gasteiger partial charge in [0.05, 0.1) is 0 Å². The van der Waals surface area contributed by atoms with Crippen molar-refractivity contribution < 1.29 is 4.79 Å². The van der Waals surface area contributed by atoms with Crippen LogP contribution < -0.4 is 5.32 Å². The lowest BCUT2D eigenvalue weighted by molar-refractivity contribution is -0.125. The number of nitrogens with one attached hydrogen (secondary N) is 1. The largest absolute Gasteiger partial charge is 0.354 e. The zero-order valence-electron chi connectivity index (χ0n) is 14.9. The van der Waals surface area contributed by atoms with Crippen LogP contribution >= 0.6 is 0 Å². The second-order valence-electron chi connectivity index (χ2n) is 7.50. The summed E-state index contributed by atoms with van der Waals surface area (Å²) in [6, 6.07) is 17.6. The highest BCUT2D eigenvalue weighted by Gasteiger charge is 2.27. The molecule has 0 aromatic heterocycles. The maximum Gasteiger partial charge on any atom is 0.223 e. The zero-order valence-corrected chi connectivity index (χ0v) is 14.9. The van der Waals surface area contributed by atoms with Gasteiger partial charge in [-0.15, -0.1) is 0 Å². The molecule has 2 aromatic carbocycles. The molecule has 0 bridgehead atoms. The van der Waals surface area contributed by atoms with E-state index in [0.717, 1.165) is 38.8 Å². The number of nitrogens with zero attached hydrogens (tertiary/aromatic N) is 1. The average molecular weight is 334 g/mol. The molecule has 0 saturated heterocycles. The summed E-state index contributed by atoms with van der Waals surface area (Å²) in [5.74, 6) is 0.345. The second-order valence-corrected chi connectivity index (χ2v) is 7.50. The highest BCUT2D eigenvalue weighted by molar-refractivity contribution is 5.79. The minimum atomic E-state index is 0.121. The van der Waals surface area contributed by atoms with Gasteiger partial charge in [0, 0.05) is 25.0 Å². The van der Waals surface area contributed by atoms with Gasteiger partial charge >= 0.3 is 0 Å². The fourth-order valence-corrected chi connectivity index (χ4v) is 4.23. The van der Waals surface area contributed by atoms with Gasteiger partial charge in [0.1, 0.15) is 0 Å². The van der Waals surface area contributed by atoms with E-state index in [-0.39, 0.29) is 11.8 Å². The Hall–Kier alpha value is -2.13. The molecule has 0 spiro atoms. The Morgan fingerprint density at radius 2 is 1.64 bits per heavy atom. The van der Waals surface area contributed by atoms with Gasteiger partial charge in [-0.05, 0) is 55.0 Å². The number of hydrogen-bond donors (Lipinski definition) is 1. The van der Waals surface area contributed by atoms with Crippen LogP contribution in [-0.4, -0.2) is 30.4 Å². The topological polar surface area (TPSA) is 32.3 Å². The fourth-order valence-electron chi connectivity index (χ4n) is 4.23. The van der Waals surface area contributed by atoms with Crippen molar-refractivity contribution >= 4 is 5.91 Å². The number of likely N-dealkylation sites (N-methyl/N-ethyl adjacent to an activating group) is 1. The summed E-state index contributed by atoms with van der Waals surface area (Å²) < 4.78 is 0. The van der Waals surface area contributed by atoms with Crippen molar-refractivity contribution in [3.63, 3.8) is 0 Å². The molecule has 4 rings (SSSR count). The van der Waals surface area contributed by atoms with Crippen molar-refractivity contribution in [2.24, 2.45) is 5.92 Å². The first-order valence-corrected chi connectivity index (χ1v) is 9.32. The lowest BCUT2D eigenvalue weighted by Gasteiger charge is -2.34. The van der Waals surface area contributed by atoms with E-state index in [1.165, 1.54) is 22.3 Å². The molecular formula is C22H26N2O. The van der Waals surface area contributed by atoms with E-state index in [9.17, 15) is 4.79 Å². The van der Waals surface area contributed by atoms with Crippen LogP contribution in [0.4, 0.5) is 0 Å². The number of fused-ring (bicyclic) bond motifs is 2. The van der Waals surface area contributed by atoms with Crippen molar-refractivity contribution in [1.29, 1.82) is 0 Å². The Bertz CT molecular complexity index is 770. The average Bonchev–Trinajstić information content (AvgIpc) is 2.65. The molecular weight excluding hydrogens is 308 g/mol. The SMILES string of the molecule is CN1Cc2ccccc2CC1CNC(=O)C1CCc2ccccc2C1. The van der Waals surface area contributed by atoms with Crippen LogP contribution in [0, 0.1) is 5.92 Å². The molecule has 2 aliphatic rings. The first-order chi connectivity index (χ1) is 12.2. The molecule has 1 heterocycles. The van der Waals surface area contributed by atoms with E-state index < -0.39 is 0 Å². The summed E-state index contributed by atoms with van der Waals surface area (Å²) in [6.07, 6.45) is 3.88. The summed E-state index contributed by atoms with van der Waals surface area (Å²) in [6.45, 7) is 1.70. The molecule has 3 heteroatoms. The number of hydrogen-bond acceptors (Lipinski definition) is 2. The molecule has 2 unspecified atom stereocenters. The molecule has 130 valence electrons. The van der Waals surface area contributed by atoms with Gasteiger partial charge in [-0.2, -0.15) is 0 Å². The first-order valence-electron chi connectivity index (χ1n) is 9.32. The monoisotopic (exact) mass is 334 g/mol. The highest BCUT2D eigenvalue weighted by Crippen LogP contribution is 2.26. The minimum Gasteiger partial charge on any atom is -0.354 e. The molecule has 0 saturated carbocycles. The van der Waals surface area contributed by atoms with E-state index in [1.807, 2.05) is 0 Å². The molecule has 3 nitrogen and oxygen atoms in total. The normalized spacial score (nSPS) is 22.8. The molecule has 0 fully saturated rings. The van der Waals surface area contributed by atoms with E-state index in [1.54, 1.807) is 0 Å². The number of carbonyl (C=O) groups is 1. The Labute approximate surface area is 150 Å². The summed E-state index contributed by atoms with van der Waals surface area (Å²) in [4.78, 5) is 15.0. The molecule has 2 aromatic rings. The quantitative estimate of drug-likeness (QED) is 0.936. The Morgan fingerprint density at radius 1 is 1.00 bits per heavy atom. The molecule has 0 radical (unpaired) electrons. The van der Waals surface area contributed by atoms with Crippen molar-refractivity contribution in [1.82, 2.24) is 10.2 Å². The van der Waals surface area contributed by atoms with Crippen LogP contribution in [0.3, 0.4) is 0 Å². The lowest BCUT2D eigenvalue weighted by atomic mass is 9.83. The highest BCUT2D eigenvalue weighted by atomic mass is 16.1. The van der Waals surface area contributed by atoms with Crippen LogP contribution in [0.15, 0.2) is 48.5 Å². The molecule has 25 heavy (non-hydrogen) atoms. The van der Waals surface area contributed by atoms with Gasteiger partial charge in [0.25, 0.3) is 0 Å². The molecule has 1 amide bonds. The van der Waals surface area contributed by atoms with Gasteiger partial charge < -0.3 is 5.32 Å². The first kappa shape index (κ1) is 16.3. The Kier molecular flexibility index (Phi) is 4.58. The summed E-state index contributed by atoms with van der Waals surface area (Å²) in [5, 5.41) is 3.23. The number of benzene rings is 2. The standard InChI is InChI=1S/C22H26N2O/c1-24-15-20-9-5-4-8-18(20)13-21(24)14-23-22(25)19-11-10-16-6-2-3-7-17(16)12-19/h2-9,19,21H,10-15H2,1H3,(H,23,25). The summed E-state index contributed by atoms with van der Waals surface area (Å²) >= 11 is 0. The second kappa shape index (κ2) is 7.01. The minimum absolute atomic E-state index is 0.121. The van der Waals surface area contributed by atoms with Crippen molar-refractivity contribution in [2.75, 3.05) is 13.6 Å². The summed E-state index contributed by atoms with van der Waals surface area (Å²) in [5.41, 5.74) is 5.59. The summed E-state index contributed by atoms with van der Waals surface area (Å²) in [7, 11) is 2.16. The van der Waals surface area contributed by atoms with Crippen molar-refractivity contribution in [3.05, 3.63) is 70.8 Å².